The number of benzene rings is 1. The second-order valence-electron chi connectivity index (χ2n) is 2.91. The van der Waals surface area contributed by atoms with E-state index in [4.69, 9.17) is 23.1 Å². The van der Waals surface area contributed by atoms with Gasteiger partial charge in [-0.25, -0.2) is 0 Å². The predicted octanol–water partition coefficient (Wildman–Crippen LogP) is 1.17. The molecule has 0 radical (unpaired) electrons. The third kappa shape index (κ3) is 3.98. The lowest BCUT2D eigenvalue weighted by Gasteiger charge is -2.05. The van der Waals surface area contributed by atoms with Crippen molar-refractivity contribution >= 4 is 29.0 Å². The molecule has 0 fully saturated rings. The van der Waals surface area contributed by atoms with Crippen molar-refractivity contribution in [2.75, 3.05) is 5.32 Å². The number of aliphatic carboxylic acids is 1. The number of carbonyl (C=O) groups is 1. The summed E-state index contributed by atoms with van der Waals surface area (Å²) in [5.74, 6) is 4.33. The van der Waals surface area contributed by atoms with E-state index in [2.05, 4.69) is 17.2 Å². The van der Waals surface area contributed by atoms with E-state index in [0.717, 1.165) is 0 Å². The van der Waals surface area contributed by atoms with Crippen LogP contribution < -0.4 is 11.1 Å². The maximum Gasteiger partial charge on any atom is 0.315 e. The molecule has 5 heteroatoms. The van der Waals surface area contributed by atoms with Gasteiger partial charge < -0.3 is 16.2 Å². The van der Waals surface area contributed by atoms with E-state index in [9.17, 15) is 4.79 Å². The molecule has 0 atom stereocenters. The number of thiocarbonyl (C=S) groups is 1. The van der Waals surface area contributed by atoms with Crippen molar-refractivity contribution in [1.82, 2.24) is 0 Å². The van der Waals surface area contributed by atoms with Crippen molar-refractivity contribution in [3.63, 3.8) is 0 Å². The number of carboxylic acid groups (broad SMARTS) is 1. The van der Waals surface area contributed by atoms with Crippen LogP contribution in [-0.2, 0) is 4.79 Å². The van der Waals surface area contributed by atoms with Gasteiger partial charge in [-0.1, -0.05) is 24.0 Å². The van der Waals surface area contributed by atoms with Crippen LogP contribution in [0.3, 0.4) is 0 Å². The van der Waals surface area contributed by atoms with E-state index in [1.165, 1.54) is 0 Å². The molecule has 4 N–H and O–H groups in total. The van der Waals surface area contributed by atoms with Gasteiger partial charge in [0, 0.05) is 5.56 Å². The summed E-state index contributed by atoms with van der Waals surface area (Å²) in [6, 6.07) is 7.14. The molecule has 0 bridgehead atoms. The largest absolute Gasteiger partial charge is 0.481 e. The normalized spacial score (nSPS) is 8.75. The summed E-state index contributed by atoms with van der Waals surface area (Å²) >= 11 is 4.72. The Kier molecular flexibility index (Phi) is 4.30. The van der Waals surface area contributed by atoms with Gasteiger partial charge in [0.25, 0.3) is 0 Å². The molecule has 16 heavy (non-hydrogen) atoms. The lowest BCUT2D eigenvalue weighted by Crippen LogP contribution is -2.19. The molecule has 1 aromatic carbocycles. The van der Waals surface area contributed by atoms with Crippen LogP contribution in [-0.4, -0.2) is 16.2 Å². The maximum atomic E-state index is 10.3. The zero-order valence-corrected chi connectivity index (χ0v) is 9.17. The number of carboxylic acids is 1. The quantitative estimate of drug-likeness (QED) is 0.529. The van der Waals surface area contributed by atoms with Gasteiger partial charge in [0.05, 0.1) is 5.69 Å². The van der Waals surface area contributed by atoms with Crippen molar-refractivity contribution in [2.45, 2.75) is 6.42 Å². The number of rotatable bonds is 2. The standard InChI is InChI=1S/C11H10N2O2S/c12-11(16)13-9-6-2-1-4-8(9)5-3-7-10(14)15/h1-2,4,6H,7H2,(H,14,15)(H3,12,13,16). The molecule has 0 amide bonds. The topological polar surface area (TPSA) is 75.3 Å². The highest BCUT2D eigenvalue weighted by atomic mass is 32.1. The molecule has 0 aliphatic heterocycles. The summed E-state index contributed by atoms with van der Waals surface area (Å²) in [4.78, 5) is 10.3. The average molecular weight is 234 g/mol. The molecule has 1 rings (SSSR count). The molecular weight excluding hydrogens is 224 g/mol. The van der Waals surface area contributed by atoms with Crippen LogP contribution in [0.1, 0.15) is 12.0 Å². The molecule has 1 aromatic rings. The van der Waals surface area contributed by atoms with Gasteiger partial charge in [-0.05, 0) is 24.4 Å². The van der Waals surface area contributed by atoms with Crippen molar-refractivity contribution < 1.29 is 9.90 Å². The zero-order chi connectivity index (χ0) is 12.0. The van der Waals surface area contributed by atoms with E-state index in [1.807, 2.05) is 6.07 Å². The second-order valence-corrected chi connectivity index (χ2v) is 3.35. The molecular formula is C11H10N2O2S. The van der Waals surface area contributed by atoms with Crippen LogP contribution in [0.4, 0.5) is 5.69 Å². The first-order chi connectivity index (χ1) is 7.59. The van der Waals surface area contributed by atoms with Gasteiger partial charge in [0.1, 0.15) is 6.42 Å². The second kappa shape index (κ2) is 5.73. The zero-order valence-electron chi connectivity index (χ0n) is 8.36. The fourth-order valence-corrected chi connectivity index (χ4v) is 1.16. The Balaban J connectivity index is 2.89. The molecule has 0 saturated heterocycles. The minimum Gasteiger partial charge on any atom is -0.481 e. The highest BCUT2D eigenvalue weighted by Gasteiger charge is 1.98. The van der Waals surface area contributed by atoms with Crippen LogP contribution in [0.25, 0.3) is 0 Å². The summed E-state index contributed by atoms with van der Waals surface area (Å²) in [7, 11) is 0. The number of nitrogens with one attached hydrogen (secondary N) is 1. The minimum atomic E-state index is -0.952. The van der Waals surface area contributed by atoms with E-state index in [-0.39, 0.29) is 11.5 Å². The molecule has 0 unspecified atom stereocenters. The number of nitrogens with two attached hydrogens (primary N) is 1. The Morgan fingerprint density at radius 3 is 2.81 bits per heavy atom. The highest BCUT2D eigenvalue weighted by Crippen LogP contribution is 2.13. The van der Waals surface area contributed by atoms with Crippen molar-refractivity contribution in [3.8, 4) is 11.8 Å². The van der Waals surface area contributed by atoms with Crippen molar-refractivity contribution in [2.24, 2.45) is 5.73 Å². The van der Waals surface area contributed by atoms with Gasteiger partial charge in [-0.2, -0.15) is 0 Å². The van der Waals surface area contributed by atoms with E-state index >= 15 is 0 Å². The van der Waals surface area contributed by atoms with E-state index in [0.29, 0.717) is 11.3 Å². The minimum absolute atomic E-state index is 0.146. The van der Waals surface area contributed by atoms with Crippen LogP contribution in [0.5, 0.6) is 0 Å². The molecule has 0 heterocycles. The first-order valence-electron chi connectivity index (χ1n) is 4.45. The van der Waals surface area contributed by atoms with Crippen LogP contribution in [0.15, 0.2) is 24.3 Å². The van der Waals surface area contributed by atoms with Gasteiger partial charge in [-0.3, -0.25) is 4.79 Å². The third-order valence-electron chi connectivity index (χ3n) is 1.65. The number of hydrogen-bond acceptors (Lipinski definition) is 2. The van der Waals surface area contributed by atoms with Crippen molar-refractivity contribution in [1.29, 1.82) is 0 Å². The smallest absolute Gasteiger partial charge is 0.315 e. The summed E-state index contributed by atoms with van der Waals surface area (Å²) in [5.41, 5.74) is 6.69. The molecule has 0 aliphatic rings. The van der Waals surface area contributed by atoms with E-state index < -0.39 is 5.97 Å². The summed E-state index contributed by atoms with van der Waals surface area (Å²) in [6.45, 7) is 0. The molecule has 0 aliphatic carbocycles. The predicted molar refractivity (Wildman–Crippen MR) is 66.0 cm³/mol. The fourth-order valence-electron chi connectivity index (χ4n) is 1.05. The van der Waals surface area contributed by atoms with E-state index in [1.54, 1.807) is 18.2 Å². The third-order valence-corrected chi connectivity index (χ3v) is 1.75. The fraction of sp³-hybridized carbons (Fsp3) is 0.0909. The molecule has 0 saturated carbocycles. The van der Waals surface area contributed by atoms with Gasteiger partial charge in [-0.15, -0.1) is 0 Å². The van der Waals surface area contributed by atoms with Crippen molar-refractivity contribution in [3.05, 3.63) is 29.8 Å². The Morgan fingerprint density at radius 2 is 2.19 bits per heavy atom. The molecule has 4 nitrogen and oxygen atoms in total. The van der Waals surface area contributed by atoms with Crippen LogP contribution in [0.2, 0.25) is 0 Å². The van der Waals surface area contributed by atoms with Gasteiger partial charge >= 0.3 is 5.97 Å². The summed E-state index contributed by atoms with van der Waals surface area (Å²) < 4.78 is 0. The lowest BCUT2D eigenvalue weighted by atomic mass is 10.2. The van der Waals surface area contributed by atoms with Gasteiger partial charge in [0.2, 0.25) is 0 Å². The number of hydrogen-bond donors (Lipinski definition) is 3. The number of anilines is 1. The van der Waals surface area contributed by atoms with Gasteiger partial charge in [0.15, 0.2) is 5.11 Å². The molecule has 0 spiro atoms. The Morgan fingerprint density at radius 1 is 1.50 bits per heavy atom. The monoisotopic (exact) mass is 234 g/mol. The first kappa shape index (κ1) is 12.0. The summed E-state index contributed by atoms with van der Waals surface area (Å²) in [5, 5.41) is 11.4. The van der Waals surface area contributed by atoms with Crippen LogP contribution in [0, 0.1) is 11.8 Å². The summed E-state index contributed by atoms with van der Waals surface area (Å²) in [6.07, 6.45) is -0.193. The Bertz CT molecular complexity index is 474. The number of para-hydroxylation sites is 1. The Hall–Kier alpha value is -2.06. The molecule has 82 valence electrons. The Labute approximate surface area is 98.5 Å². The SMILES string of the molecule is NC(=S)Nc1ccccc1C#CCC(=O)O. The maximum absolute atomic E-state index is 10.3. The highest BCUT2D eigenvalue weighted by molar-refractivity contribution is 7.80. The first-order valence-corrected chi connectivity index (χ1v) is 4.86. The molecule has 0 aromatic heterocycles. The average Bonchev–Trinajstić information content (AvgIpc) is 2.19. The van der Waals surface area contributed by atoms with Crippen LogP contribution >= 0.6 is 12.2 Å². The lowest BCUT2D eigenvalue weighted by molar-refractivity contribution is -0.135.